The van der Waals surface area contributed by atoms with Crippen molar-refractivity contribution in [1.82, 2.24) is 5.32 Å². The number of amides is 2. The predicted molar refractivity (Wildman–Crippen MR) is 109 cm³/mol. The van der Waals surface area contributed by atoms with Crippen molar-refractivity contribution in [2.24, 2.45) is 5.92 Å². The second kappa shape index (κ2) is 7.13. The number of benzene rings is 3. The molecule has 0 aliphatic carbocycles. The fourth-order valence-electron chi connectivity index (χ4n) is 3.89. The van der Waals surface area contributed by atoms with E-state index in [9.17, 15) is 9.59 Å². The molecular weight excluding hydrogens is 368 g/mol. The highest BCUT2D eigenvalue weighted by molar-refractivity contribution is 5.99. The lowest BCUT2D eigenvalue weighted by molar-refractivity contribution is -0.117. The molecule has 6 heteroatoms. The van der Waals surface area contributed by atoms with E-state index in [1.165, 1.54) is 0 Å². The highest BCUT2D eigenvalue weighted by Gasteiger charge is 2.31. The molecule has 1 fully saturated rings. The average Bonchev–Trinajstić information content (AvgIpc) is 3.37. The molecule has 0 radical (unpaired) electrons. The first-order valence-corrected chi connectivity index (χ1v) is 9.64. The first kappa shape index (κ1) is 17.6. The second-order valence-corrected chi connectivity index (χ2v) is 7.38. The van der Waals surface area contributed by atoms with Crippen molar-refractivity contribution in [3.8, 4) is 11.5 Å². The first-order chi connectivity index (χ1) is 14.2. The highest BCUT2D eigenvalue weighted by Crippen LogP contribution is 2.37. The smallest absolute Gasteiger partial charge is 0.251 e. The molecule has 0 aromatic heterocycles. The van der Waals surface area contributed by atoms with Gasteiger partial charge in [0.25, 0.3) is 5.91 Å². The van der Waals surface area contributed by atoms with Gasteiger partial charge in [-0.05, 0) is 35.0 Å². The van der Waals surface area contributed by atoms with E-state index in [4.69, 9.17) is 9.47 Å². The van der Waals surface area contributed by atoms with Gasteiger partial charge >= 0.3 is 0 Å². The largest absolute Gasteiger partial charge is 0.454 e. The van der Waals surface area contributed by atoms with Crippen LogP contribution in [0.15, 0.2) is 60.7 Å². The zero-order valence-electron chi connectivity index (χ0n) is 15.8. The summed E-state index contributed by atoms with van der Waals surface area (Å²) in [7, 11) is 0. The van der Waals surface area contributed by atoms with Crippen LogP contribution >= 0.6 is 0 Å². The fraction of sp³-hybridized carbons (Fsp3) is 0.217. The van der Waals surface area contributed by atoms with Crippen LogP contribution < -0.4 is 19.7 Å². The summed E-state index contributed by atoms with van der Waals surface area (Å²) in [5, 5.41) is 5.11. The minimum absolute atomic E-state index is 0.0498. The van der Waals surface area contributed by atoms with E-state index in [2.05, 4.69) is 5.32 Å². The Morgan fingerprint density at radius 2 is 1.83 bits per heavy atom. The number of fused-ring (bicyclic) bond motifs is 2. The van der Waals surface area contributed by atoms with Gasteiger partial charge in [-0.15, -0.1) is 0 Å². The quantitative estimate of drug-likeness (QED) is 0.744. The van der Waals surface area contributed by atoms with E-state index in [1.54, 1.807) is 4.90 Å². The number of carbonyl (C=O) groups is 2. The van der Waals surface area contributed by atoms with Gasteiger partial charge in [0.1, 0.15) is 0 Å². The third-order valence-electron chi connectivity index (χ3n) is 5.44. The Balaban J connectivity index is 1.23. The van der Waals surface area contributed by atoms with Gasteiger partial charge < -0.3 is 19.7 Å². The molecule has 0 saturated carbocycles. The van der Waals surface area contributed by atoms with E-state index in [1.807, 2.05) is 60.7 Å². The lowest BCUT2D eigenvalue weighted by atomic mass is 10.1. The predicted octanol–water partition coefficient (Wildman–Crippen LogP) is 3.35. The molecule has 2 aliphatic heterocycles. The Labute approximate surface area is 168 Å². The van der Waals surface area contributed by atoms with Crippen molar-refractivity contribution < 1.29 is 19.1 Å². The van der Waals surface area contributed by atoms with Gasteiger partial charge in [-0.3, -0.25) is 9.59 Å². The SMILES string of the molecule is O=C(NCC1CC(=O)N(c2ccc3c(c2)OCO3)C1)c1ccc2ccccc2c1. The summed E-state index contributed by atoms with van der Waals surface area (Å²) in [5.74, 6) is 1.35. The second-order valence-electron chi connectivity index (χ2n) is 7.38. The Morgan fingerprint density at radius 1 is 1.00 bits per heavy atom. The Bertz CT molecular complexity index is 1110. The maximum Gasteiger partial charge on any atom is 0.251 e. The van der Waals surface area contributed by atoms with Crippen molar-refractivity contribution >= 4 is 28.3 Å². The number of hydrogen-bond donors (Lipinski definition) is 1. The molecule has 1 atom stereocenters. The summed E-state index contributed by atoms with van der Waals surface area (Å²) in [5.41, 5.74) is 1.42. The van der Waals surface area contributed by atoms with Gasteiger partial charge in [0.05, 0.1) is 0 Å². The minimum atomic E-state index is -0.121. The summed E-state index contributed by atoms with van der Waals surface area (Å²) in [6.07, 6.45) is 0.409. The molecule has 1 saturated heterocycles. The summed E-state index contributed by atoms with van der Waals surface area (Å²) in [6.45, 7) is 1.23. The lowest BCUT2D eigenvalue weighted by Gasteiger charge is -2.17. The van der Waals surface area contributed by atoms with Gasteiger partial charge in [0.15, 0.2) is 11.5 Å². The highest BCUT2D eigenvalue weighted by atomic mass is 16.7. The summed E-state index contributed by atoms with van der Waals surface area (Å²) >= 11 is 0. The number of hydrogen-bond acceptors (Lipinski definition) is 4. The van der Waals surface area contributed by atoms with Crippen LogP contribution in [0.1, 0.15) is 16.8 Å². The third kappa shape index (κ3) is 3.38. The first-order valence-electron chi connectivity index (χ1n) is 9.64. The van der Waals surface area contributed by atoms with Crippen molar-refractivity contribution in [1.29, 1.82) is 0 Å². The number of nitrogens with zero attached hydrogens (tertiary/aromatic N) is 1. The zero-order valence-corrected chi connectivity index (χ0v) is 15.8. The lowest BCUT2D eigenvalue weighted by Crippen LogP contribution is -2.31. The van der Waals surface area contributed by atoms with Crippen LogP contribution in [0.4, 0.5) is 5.69 Å². The molecule has 2 heterocycles. The molecule has 29 heavy (non-hydrogen) atoms. The molecular formula is C23H20N2O4. The monoisotopic (exact) mass is 388 g/mol. The van der Waals surface area contributed by atoms with Crippen molar-refractivity contribution in [2.75, 3.05) is 24.8 Å². The molecule has 1 unspecified atom stereocenters. The maximum absolute atomic E-state index is 12.6. The standard InChI is InChI=1S/C23H20N2O4/c26-22-9-15(13-25(22)19-7-8-20-21(11-19)29-14-28-20)12-24-23(27)18-6-5-16-3-1-2-4-17(16)10-18/h1-8,10-11,15H,9,12-14H2,(H,24,27). The van der Waals surface area contributed by atoms with E-state index in [-0.39, 0.29) is 24.5 Å². The normalized spacial score (nSPS) is 17.7. The Kier molecular flexibility index (Phi) is 4.31. The molecule has 6 nitrogen and oxygen atoms in total. The van der Waals surface area contributed by atoms with Crippen LogP contribution in [0.3, 0.4) is 0 Å². The number of nitrogens with one attached hydrogen (secondary N) is 1. The van der Waals surface area contributed by atoms with E-state index in [0.717, 1.165) is 16.5 Å². The van der Waals surface area contributed by atoms with Gasteiger partial charge in [-0.25, -0.2) is 0 Å². The maximum atomic E-state index is 12.6. The van der Waals surface area contributed by atoms with Crippen molar-refractivity contribution in [3.63, 3.8) is 0 Å². The topological polar surface area (TPSA) is 67.9 Å². The molecule has 0 spiro atoms. The molecule has 5 rings (SSSR count). The molecule has 3 aromatic rings. The van der Waals surface area contributed by atoms with Gasteiger partial charge in [0.2, 0.25) is 12.7 Å². The molecule has 2 amide bonds. The molecule has 3 aromatic carbocycles. The zero-order chi connectivity index (χ0) is 19.8. The molecule has 146 valence electrons. The summed E-state index contributed by atoms with van der Waals surface area (Å²) < 4.78 is 10.7. The number of carbonyl (C=O) groups excluding carboxylic acids is 2. The Hall–Kier alpha value is -3.54. The van der Waals surface area contributed by atoms with Crippen LogP contribution in [0.2, 0.25) is 0 Å². The van der Waals surface area contributed by atoms with Crippen molar-refractivity contribution in [2.45, 2.75) is 6.42 Å². The average molecular weight is 388 g/mol. The van der Waals surface area contributed by atoms with E-state index < -0.39 is 0 Å². The van der Waals surface area contributed by atoms with Crippen LogP contribution in [0.25, 0.3) is 10.8 Å². The molecule has 0 bridgehead atoms. The molecule has 1 N–H and O–H groups in total. The van der Waals surface area contributed by atoms with Crippen LogP contribution in [-0.2, 0) is 4.79 Å². The fourth-order valence-corrected chi connectivity index (χ4v) is 3.89. The number of anilines is 1. The third-order valence-corrected chi connectivity index (χ3v) is 5.44. The Morgan fingerprint density at radius 3 is 2.72 bits per heavy atom. The van der Waals surface area contributed by atoms with Gasteiger partial charge in [0, 0.05) is 42.7 Å². The van der Waals surface area contributed by atoms with Gasteiger partial charge in [-0.2, -0.15) is 0 Å². The summed E-state index contributed by atoms with van der Waals surface area (Å²) in [4.78, 5) is 26.8. The minimum Gasteiger partial charge on any atom is -0.454 e. The molecule has 2 aliphatic rings. The number of ether oxygens (including phenoxy) is 2. The van der Waals surface area contributed by atoms with Crippen molar-refractivity contribution in [3.05, 3.63) is 66.2 Å². The van der Waals surface area contributed by atoms with E-state index >= 15 is 0 Å². The van der Waals surface area contributed by atoms with Crippen LogP contribution in [0, 0.1) is 5.92 Å². The van der Waals surface area contributed by atoms with Crippen LogP contribution in [-0.4, -0.2) is 31.7 Å². The van der Waals surface area contributed by atoms with Gasteiger partial charge in [-0.1, -0.05) is 30.3 Å². The number of rotatable bonds is 4. The summed E-state index contributed by atoms with van der Waals surface area (Å²) in [6, 6.07) is 19.1. The van der Waals surface area contributed by atoms with Crippen LogP contribution in [0.5, 0.6) is 11.5 Å². The van der Waals surface area contributed by atoms with E-state index in [0.29, 0.717) is 36.6 Å².